The van der Waals surface area contributed by atoms with E-state index >= 15 is 0 Å². The smallest absolute Gasteiger partial charge is 0.130 e. The van der Waals surface area contributed by atoms with Crippen LogP contribution in [0.4, 0.5) is 0 Å². The molecule has 0 saturated carbocycles. The monoisotopic (exact) mass is 168 g/mol. The highest BCUT2D eigenvalue weighted by Gasteiger charge is 2.06. The second kappa shape index (κ2) is 7.08. The molecule has 1 heteroatoms. The average Bonchev–Trinajstić information content (AvgIpc) is 2.00. The van der Waals surface area contributed by atoms with Crippen molar-refractivity contribution in [3.8, 4) is 0 Å². The second-order valence-corrected chi connectivity index (χ2v) is 3.33. The highest BCUT2D eigenvalue weighted by molar-refractivity contribution is 5.75. The zero-order valence-electron chi connectivity index (χ0n) is 8.47. The summed E-state index contributed by atoms with van der Waals surface area (Å²) in [5, 5.41) is 0. The zero-order chi connectivity index (χ0) is 9.40. The molecule has 0 aliphatic carbocycles. The van der Waals surface area contributed by atoms with E-state index in [-0.39, 0.29) is 0 Å². The number of ketones is 1. The van der Waals surface area contributed by atoms with E-state index < -0.39 is 0 Å². The van der Waals surface area contributed by atoms with Crippen LogP contribution in [0.1, 0.15) is 46.5 Å². The van der Waals surface area contributed by atoms with Crippen LogP contribution in [0.3, 0.4) is 0 Å². The van der Waals surface area contributed by atoms with Crippen molar-refractivity contribution in [2.24, 2.45) is 5.92 Å². The van der Waals surface area contributed by atoms with Gasteiger partial charge in [-0.25, -0.2) is 0 Å². The zero-order valence-corrected chi connectivity index (χ0v) is 8.47. The van der Waals surface area contributed by atoms with Crippen molar-refractivity contribution in [2.75, 3.05) is 0 Å². The lowest BCUT2D eigenvalue weighted by Crippen LogP contribution is -2.02. The summed E-state index contributed by atoms with van der Waals surface area (Å²) < 4.78 is 0. The molecule has 0 heterocycles. The van der Waals surface area contributed by atoms with Gasteiger partial charge in [0.15, 0.2) is 0 Å². The Kier molecular flexibility index (Phi) is 6.73. The molecule has 0 aliphatic heterocycles. The molecule has 12 heavy (non-hydrogen) atoms. The quantitative estimate of drug-likeness (QED) is 0.556. The summed E-state index contributed by atoms with van der Waals surface area (Å²) in [6.07, 6.45) is 8.50. The minimum absolute atomic E-state index is 0.300. The maximum Gasteiger partial charge on any atom is 0.130 e. The number of hydrogen-bond acceptors (Lipinski definition) is 1. The van der Waals surface area contributed by atoms with Crippen molar-refractivity contribution in [3.05, 3.63) is 12.2 Å². The number of allylic oxidation sites excluding steroid dienone is 2. The van der Waals surface area contributed by atoms with E-state index in [4.69, 9.17) is 0 Å². The first-order valence-corrected chi connectivity index (χ1v) is 4.83. The average molecular weight is 168 g/mol. The van der Waals surface area contributed by atoms with Crippen LogP contribution in [0.15, 0.2) is 12.2 Å². The molecule has 1 unspecified atom stereocenters. The van der Waals surface area contributed by atoms with Crippen LogP contribution in [0.25, 0.3) is 0 Å². The topological polar surface area (TPSA) is 17.1 Å². The molecule has 0 bridgehead atoms. The highest BCUT2D eigenvalue weighted by Crippen LogP contribution is 2.14. The molecule has 0 aromatic carbocycles. The molecule has 0 fully saturated rings. The molecule has 70 valence electrons. The fourth-order valence-corrected chi connectivity index (χ4v) is 1.37. The summed E-state index contributed by atoms with van der Waals surface area (Å²) in [7, 11) is 0. The molecule has 0 aliphatic rings. The second-order valence-electron chi connectivity index (χ2n) is 3.33. The van der Waals surface area contributed by atoms with E-state index in [0.29, 0.717) is 18.1 Å². The molecule has 0 aromatic rings. The van der Waals surface area contributed by atoms with Crippen LogP contribution in [0, 0.1) is 5.92 Å². The number of unbranched alkanes of at least 4 members (excludes halogenated alkanes) is 1. The van der Waals surface area contributed by atoms with Crippen molar-refractivity contribution in [1.29, 1.82) is 0 Å². The third-order valence-corrected chi connectivity index (χ3v) is 1.94. The van der Waals surface area contributed by atoms with E-state index in [1.807, 2.05) is 13.0 Å². The van der Waals surface area contributed by atoms with E-state index in [9.17, 15) is 4.79 Å². The van der Waals surface area contributed by atoms with Crippen LogP contribution in [-0.2, 0) is 4.79 Å². The molecule has 0 aromatic heterocycles. The normalized spacial score (nSPS) is 13.6. The van der Waals surface area contributed by atoms with Gasteiger partial charge in [-0.3, -0.25) is 0 Å². The Hall–Kier alpha value is -0.590. The summed E-state index contributed by atoms with van der Waals surface area (Å²) in [6, 6.07) is 0. The van der Waals surface area contributed by atoms with E-state index in [1.54, 1.807) is 6.92 Å². The summed E-state index contributed by atoms with van der Waals surface area (Å²) >= 11 is 0. The van der Waals surface area contributed by atoms with E-state index in [0.717, 1.165) is 6.42 Å². The Bertz CT molecular complexity index is 147. The van der Waals surface area contributed by atoms with Crippen LogP contribution in [-0.4, -0.2) is 5.78 Å². The third kappa shape index (κ3) is 6.14. The minimum Gasteiger partial charge on any atom is -0.300 e. The Morgan fingerprint density at radius 3 is 2.58 bits per heavy atom. The molecule has 1 nitrogen and oxygen atoms in total. The van der Waals surface area contributed by atoms with Gasteiger partial charge in [0.2, 0.25) is 0 Å². The van der Waals surface area contributed by atoms with Crippen LogP contribution < -0.4 is 0 Å². The molecular weight excluding hydrogens is 148 g/mol. The number of carbonyl (C=O) groups excluding carboxylic acids is 1. The highest BCUT2D eigenvalue weighted by atomic mass is 16.1. The fourth-order valence-electron chi connectivity index (χ4n) is 1.37. The van der Waals surface area contributed by atoms with Crippen LogP contribution in [0.5, 0.6) is 0 Å². The maximum absolute atomic E-state index is 10.9. The number of Topliss-reactive ketones (excluding diaryl/α,β-unsaturated/α-hetero) is 1. The largest absolute Gasteiger partial charge is 0.300 e. The van der Waals surface area contributed by atoms with Crippen LogP contribution >= 0.6 is 0 Å². The Morgan fingerprint density at radius 1 is 1.50 bits per heavy atom. The van der Waals surface area contributed by atoms with Crippen molar-refractivity contribution >= 4 is 5.78 Å². The predicted molar refractivity (Wildman–Crippen MR) is 53.1 cm³/mol. The summed E-state index contributed by atoms with van der Waals surface area (Å²) in [6.45, 7) is 5.86. The number of rotatable bonds is 6. The van der Waals surface area contributed by atoms with Gasteiger partial charge in [0.05, 0.1) is 0 Å². The number of hydrogen-bond donors (Lipinski definition) is 0. The molecule has 0 saturated heterocycles. The Balaban J connectivity index is 3.77. The molecular formula is C11H20O. The first-order chi connectivity index (χ1) is 5.70. The van der Waals surface area contributed by atoms with Gasteiger partial charge >= 0.3 is 0 Å². The van der Waals surface area contributed by atoms with Gasteiger partial charge in [0.1, 0.15) is 5.78 Å². The molecule has 0 rings (SSSR count). The third-order valence-electron chi connectivity index (χ3n) is 1.94. The summed E-state index contributed by atoms with van der Waals surface area (Å²) in [4.78, 5) is 10.9. The van der Waals surface area contributed by atoms with Gasteiger partial charge in [-0.05, 0) is 26.2 Å². The lowest BCUT2D eigenvalue weighted by Gasteiger charge is -2.08. The van der Waals surface area contributed by atoms with E-state index in [2.05, 4.69) is 13.0 Å². The number of carbonyl (C=O) groups is 1. The molecule has 1 atom stereocenters. The summed E-state index contributed by atoms with van der Waals surface area (Å²) in [5.41, 5.74) is 0. The standard InChI is InChI=1S/C11H20O/c1-4-6-8-11(7-5-2)9-10(3)12/h5,7,11H,4,6,8-9H2,1-3H3. The van der Waals surface area contributed by atoms with Crippen molar-refractivity contribution in [3.63, 3.8) is 0 Å². The fraction of sp³-hybridized carbons (Fsp3) is 0.727. The molecule has 0 amide bonds. The summed E-state index contributed by atoms with van der Waals surface area (Å²) in [5.74, 6) is 0.779. The van der Waals surface area contributed by atoms with Crippen molar-refractivity contribution in [1.82, 2.24) is 0 Å². The molecule has 0 N–H and O–H groups in total. The van der Waals surface area contributed by atoms with Gasteiger partial charge < -0.3 is 4.79 Å². The Morgan fingerprint density at radius 2 is 2.17 bits per heavy atom. The van der Waals surface area contributed by atoms with Gasteiger partial charge in [-0.1, -0.05) is 31.9 Å². The SMILES string of the molecule is CC=CC(CCCC)CC(C)=O. The Labute approximate surface area is 75.9 Å². The van der Waals surface area contributed by atoms with Gasteiger partial charge in [0, 0.05) is 6.42 Å². The van der Waals surface area contributed by atoms with Crippen molar-refractivity contribution < 1.29 is 4.79 Å². The predicted octanol–water partition coefficient (Wildman–Crippen LogP) is 3.35. The maximum atomic E-state index is 10.9. The van der Waals surface area contributed by atoms with Gasteiger partial charge in [-0.15, -0.1) is 0 Å². The van der Waals surface area contributed by atoms with Crippen LogP contribution in [0.2, 0.25) is 0 Å². The molecule has 0 radical (unpaired) electrons. The first-order valence-electron chi connectivity index (χ1n) is 4.83. The molecule has 0 spiro atoms. The minimum atomic E-state index is 0.300. The van der Waals surface area contributed by atoms with Crippen molar-refractivity contribution in [2.45, 2.75) is 46.5 Å². The lowest BCUT2D eigenvalue weighted by atomic mass is 9.96. The van der Waals surface area contributed by atoms with Gasteiger partial charge in [0.25, 0.3) is 0 Å². The van der Waals surface area contributed by atoms with E-state index in [1.165, 1.54) is 12.8 Å². The van der Waals surface area contributed by atoms with Gasteiger partial charge in [-0.2, -0.15) is 0 Å². The first kappa shape index (κ1) is 11.4. The lowest BCUT2D eigenvalue weighted by molar-refractivity contribution is -0.117.